The molecule has 0 aromatic heterocycles. The monoisotopic (exact) mass is 689 g/mol. The Balaban J connectivity index is 1.11. The SMILES string of the molecule is CC(=O)O[C@@H](C1C[C@@H](C)[C@H]2C(O1)[C@H](O)[C@@]1(C)C3CC[C@H]4C(C)(C)C(O[C@H]5CN(CC(C)(C)O)CCO5)CC[C@@]45C[C@@]35CC[C@]21C)C(C)(C)O. The summed E-state index contributed by atoms with van der Waals surface area (Å²) in [5.74, 6) is 1.03. The van der Waals surface area contributed by atoms with E-state index in [1.54, 1.807) is 13.8 Å². The molecule has 7 aliphatic rings. The average Bonchev–Trinajstić information content (AvgIpc) is 3.61. The van der Waals surface area contributed by atoms with Gasteiger partial charge in [0.25, 0.3) is 0 Å². The molecule has 0 aromatic rings. The first-order valence-corrected chi connectivity index (χ1v) is 19.6. The third-order valence-corrected chi connectivity index (χ3v) is 16.1. The van der Waals surface area contributed by atoms with E-state index in [0.717, 1.165) is 32.2 Å². The molecule has 0 amide bonds. The quantitative estimate of drug-likeness (QED) is 0.306. The minimum atomic E-state index is -1.26. The highest BCUT2D eigenvalue weighted by molar-refractivity contribution is 5.66. The van der Waals surface area contributed by atoms with Gasteiger partial charge in [-0.25, -0.2) is 0 Å². The molecular weight excluding hydrogens is 622 g/mol. The van der Waals surface area contributed by atoms with Crippen molar-refractivity contribution in [2.24, 2.45) is 50.7 Å². The molecule has 2 heterocycles. The zero-order valence-electron chi connectivity index (χ0n) is 32.1. The summed E-state index contributed by atoms with van der Waals surface area (Å²) in [6.07, 6.45) is 6.35. The maximum Gasteiger partial charge on any atom is 0.303 e. The van der Waals surface area contributed by atoms with E-state index in [-0.39, 0.29) is 57.4 Å². The lowest BCUT2D eigenvalue weighted by atomic mass is 9.41. The van der Waals surface area contributed by atoms with Gasteiger partial charge in [-0.1, -0.05) is 34.6 Å². The number of β-amino-alcohol motifs (C(OH)–C–C–N with tert-alkyl or cyclic N) is 1. The molecule has 2 spiro atoms. The van der Waals surface area contributed by atoms with Gasteiger partial charge < -0.3 is 34.3 Å². The number of aliphatic hydroxyl groups is 3. The van der Waals surface area contributed by atoms with Gasteiger partial charge in [-0.2, -0.15) is 0 Å². The van der Waals surface area contributed by atoms with Gasteiger partial charge in [-0.05, 0) is 124 Å². The van der Waals surface area contributed by atoms with Gasteiger partial charge in [0.1, 0.15) is 0 Å². The molecule has 9 nitrogen and oxygen atoms in total. The number of carbonyl (C=O) groups excluding carboxylic acids is 1. The summed E-state index contributed by atoms with van der Waals surface area (Å²) < 4.78 is 25.6. The highest BCUT2D eigenvalue weighted by atomic mass is 16.7. The predicted octanol–water partition coefficient (Wildman–Crippen LogP) is 5.32. The maximum absolute atomic E-state index is 12.6. The first-order valence-electron chi connectivity index (χ1n) is 19.6. The van der Waals surface area contributed by atoms with Crippen molar-refractivity contribution < 1.29 is 39.1 Å². The van der Waals surface area contributed by atoms with Crippen LogP contribution >= 0.6 is 0 Å². The normalized spacial score (nSPS) is 49.9. The van der Waals surface area contributed by atoms with Crippen LogP contribution in [0.1, 0.15) is 121 Å². The molecule has 2 saturated heterocycles. The molecule has 49 heavy (non-hydrogen) atoms. The maximum atomic E-state index is 12.6. The third kappa shape index (κ3) is 5.35. The number of hydrogen-bond donors (Lipinski definition) is 3. The summed E-state index contributed by atoms with van der Waals surface area (Å²) in [5.41, 5.74) is -1.83. The van der Waals surface area contributed by atoms with Crippen LogP contribution in [0.3, 0.4) is 0 Å². The Morgan fingerprint density at radius 2 is 1.67 bits per heavy atom. The molecule has 5 saturated carbocycles. The van der Waals surface area contributed by atoms with Crippen molar-refractivity contribution in [3.63, 3.8) is 0 Å². The first kappa shape index (κ1) is 36.5. The number of aliphatic hydroxyl groups excluding tert-OH is 1. The van der Waals surface area contributed by atoms with E-state index >= 15 is 0 Å². The molecule has 7 rings (SSSR count). The lowest BCUT2D eigenvalue weighted by molar-refractivity contribution is -0.250. The molecule has 2 aliphatic heterocycles. The number of morpholine rings is 1. The number of fused-ring (bicyclic) bond motifs is 4. The summed E-state index contributed by atoms with van der Waals surface area (Å²) in [4.78, 5) is 14.4. The molecule has 0 bridgehead atoms. The van der Waals surface area contributed by atoms with Crippen LogP contribution < -0.4 is 0 Å². The molecule has 14 atom stereocenters. The van der Waals surface area contributed by atoms with Crippen LogP contribution in [0.5, 0.6) is 0 Å². The van der Waals surface area contributed by atoms with Gasteiger partial charge in [0, 0.05) is 32.0 Å². The van der Waals surface area contributed by atoms with Crippen LogP contribution in [0.4, 0.5) is 0 Å². The lowest BCUT2D eigenvalue weighted by Gasteiger charge is -2.64. The fourth-order valence-corrected chi connectivity index (χ4v) is 14.2. The first-order chi connectivity index (χ1) is 22.6. The van der Waals surface area contributed by atoms with Crippen LogP contribution in [0.15, 0.2) is 0 Å². The van der Waals surface area contributed by atoms with Gasteiger partial charge >= 0.3 is 5.97 Å². The van der Waals surface area contributed by atoms with E-state index in [1.165, 1.54) is 26.2 Å². The van der Waals surface area contributed by atoms with Gasteiger partial charge in [0.05, 0.1) is 42.2 Å². The molecule has 7 fully saturated rings. The summed E-state index contributed by atoms with van der Waals surface area (Å²) in [5, 5.41) is 34.0. The van der Waals surface area contributed by atoms with Crippen molar-refractivity contribution >= 4 is 5.97 Å². The fourth-order valence-electron chi connectivity index (χ4n) is 14.2. The fraction of sp³-hybridized carbons (Fsp3) is 0.975. The second-order valence-corrected chi connectivity index (χ2v) is 20.2. The molecular formula is C40H67NO8. The number of rotatable bonds is 7. The van der Waals surface area contributed by atoms with Crippen LogP contribution in [0, 0.1) is 50.7 Å². The highest BCUT2D eigenvalue weighted by Crippen LogP contribution is 2.89. The smallest absolute Gasteiger partial charge is 0.303 e. The Labute approximate surface area is 295 Å². The summed E-state index contributed by atoms with van der Waals surface area (Å²) in [7, 11) is 0. The van der Waals surface area contributed by atoms with E-state index in [0.29, 0.717) is 38.0 Å². The molecule has 3 N–H and O–H groups in total. The van der Waals surface area contributed by atoms with Crippen molar-refractivity contribution in [2.45, 2.75) is 169 Å². The predicted molar refractivity (Wildman–Crippen MR) is 185 cm³/mol. The van der Waals surface area contributed by atoms with Gasteiger partial charge in [-0.15, -0.1) is 0 Å². The zero-order valence-corrected chi connectivity index (χ0v) is 32.1. The minimum Gasteiger partial charge on any atom is -0.457 e. The largest absolute Gasteiger partial charge is 0.457 e. The lowest BCUT2D eigenvalue weighted by Crippen LogP contribution is -2.60. The van der Waals surface area contributed by atoms with Crippen molar-refractivity contribution in [2.75, 3.05) is 26.2 Å². The Morgan fingerprint density at radius 1 is 1.00 bits per heavy atom. The minimum absolute atomic E-state index is 0.00616. The van der Waals surface area contributed by atoms with Gasteiger partial charge in [0.2, 0.25) is 0 Å². The molecule has 0 radical (unpaired) electrons. The van der Waals surface area contributed by atoms with E-state index in [4.69, 9.17) is 18.9 Å². The number of hydrogen-bond acceptors (Lipinski definition) is 9. The Kier molecular flexibility index (Phi) is 8.65. The second kappa shape index (κ2) is 11.6. The third-order valence-electron chi connectivity index (χ3n) is 16.1. The number of esters is 1. The molecule has 280 valence electrons. The summed E-state index contributed by atoms with van der Waals surface area (Å²) >= 11 is 0. The van der Waals surface area contributed by atoms with Crippen LogP contribution in [-0.2, 0) is 23.7 Å². The van der Waals surface area contributed by atoms with Crippen LogP contribution in [0.2, 0.25) is 0 Å². The summed E-state index contributed by atoms with van der Waals surface area (Å²) in [6, 6.07) is 0. The Bertz CT molecular complexity index is 1290. The van der Waals surface area contributed by atoms with Gasteiger partial charge in [0.15, 0.2) is 12.4 Å². The topological polar surface area (TPSA) is 118 Å². The van der Waals surface area contributed by atoms with E-state index in [2.05, 4.69) is 39.5 Å². The van der Waals surface area contributed by atoms with Crippen molar-refractivity contribution in [3.05, 3.63) is 0 Å². The van der Waals surface area contributed by atoms with E-state index in [9.17, 15) is 20.1 Å². The highest BCUT2D eigenvalue weighted by Gasteiger charge is 2.84. The molecule has 0 aromatic carbocycles. The average molecular weight is 690 g/mol. The standard InChI is InChI=1S/C40H67NO8/c1-23-19-25(33(36(7,8)45)47-24(2)42)48-31-30(23)37(9)15-16-40-21-39(40)14-13-28(49-29-20-41(17-18-46-29)22-34(3,4)44)35(5,6)26(39)11-12-27(40)38(37,10)32(31)43/h23,25-33,43-45H,11-22H2,1-10H3/t23-,25?,26+,27?,28?,29+,30+,31?,32+,33+,37-,38-,39-,40+/m1/s1. The van der Waals surface area contributed by atoms with Crippen LogP contribution in [-0.4, -0.2) is 100 Å². The summed E-state index contributed by atoms with van der Waals surface area (Å²) in [6.45, 7) is 23.2. The van der Waals surface area contributed by atoms with E-state index < -0.39 is 35.5 Å². The zero-order chi connectivity index (χ0) is 35.7. The number of carbonyl (C=O) groups is 1. The molecule has 4 unspecified atom stereocenters. The van der Waals surface area contributed by atoms with Crippen molar-refractivity contribution in [1.29, 1.82) is 0 Å². The molecule has 5 aliphatic carbocycles. The van der Waals surface area contributed by atoms with E-state index in [1.807, 2.05) is 13.8 Å². The number of ether oxygens (including phenoxy) is 4. The Morgan fingerprint density at radius 3 is 2.33 bits per heavy atom. The van der Waals surface area contributed by atoms with Crippen molar-refractivity contribution in [1.82, 2.24) is 4.90 Å². The van der Waals surface area contributed by atoms with Gasteiger partial charge in [-0.3, -0.25) is 9.69 Å². The second-order valence-electron chi connectivity index (χ2n) is 20.2. The van der Waals surface area contributed by atoms with Crippen LogP contribution in [0.25, 0.3) is 0 Å². The number of nitrogens with zero attached hydrogens (tertiary/aromatic N) is 1. The molecule has 9 heteroatoms. The van der Waals surface area contributed by atoms with Crippen molar-refractivity contribution in [3.8, 4) is 0 Å². The Hall–Kier alpha value is -0.810.